The largest absolute Gasteiger partial charge is 0.394 e. The molecule has 0 aromatic heterocycles. The van der Waals surface area contributed by atoms with E-state index in [1.165, 1.54) is 295 Å². The topological polar surface area (TPSA) is 149 Å². The van der Waals surface area contributed by atoms with Gasteiger partial charge in [0.15, 0.2) is 6.29 Å². The molecule has 1 aliphatic rings. The third-order valence-electron chi connectivity index (χ3n) is 16.7. The Hall–Kier alpha value is -0.810. The molecule has 7 atom stereocenters. The zero-order valence-corrected chi connectivity index (χ0v) is 50.1. The Morgan fingerprint density at radius 3 is 0.947 bits per heavy atom. The summed E-state index contributed by atoms with van der Waals surface area (Å²) in [6.07, 6.45) is 63.1. The fourth-order valence-electron chi connectivity index (χ4n) is 11.4. The highest BCUT2D eigenvalue weighted by molar-refractivity contribution is 5.76. The Balaban J connectivity index is 2.11. The zero-order chi connectivity index (χ0) is 54.3. The standard InChI is InChI=1S/C66H131NO8/c1-3-5-7-9-11-13-15-17-19-21-23-25-27-28-29-30-31-32-33-34-35-37-39-41-43-45-47-49-51-53-55-60(69)59(58-74-66-65(73)64(72)63(71)61(57-68)75-66)67-62(70)56-54-52-50-48-46-44-42-40-38-36-26-24-22-20-18-16-14-12-10-8-6-4-2/h59-61,63-66,68-69,71-73H,3-58H2,1-2H3,(H,67,70). The van der Waals surface area contributed by atoms with Gasteiger partial charge in [-0.05, 0) is 12.8 Å². The molecular weight excluding hydrogens is 935 g/mol. The first-order chi connectivity index (χ1) is 36.8. The van der Waals surface area contributed by atoms with E-state index < -0.39 is 49.5 Å². The maximum atomic E-state index is 13.1. The van der Waals surface area contributed by atoms with Gasteiger partial charge in [0.2, 0.25) is 5.91 Å². The molecule has 1 amide bonds. The fraction of sp³-hybridized carbons (Fsp3) is 0.985. The molecule has 0 spiro atoms. The second kappa shape index (κ2) is 56.5. The molecule has 1 aliphatic heterocycles. The number of aliphatic hydroxyl groups excluding tert-OH is 5. The number of amides is 1. The average molecular weight is 1070 g/mol. The first-order valence-corrected chi connectivity index (χ1v) is 33.7. The van der Waals surface area contributed by atoms with E-state index in [1.807, 2.05) is 0 Å². The molecule has 1 rings (SSSR count). The minimum absolute atomic E-state index is 0.130. The van der Waals surface area contributed by atoms with E-state index in [0.29, 0.717) is 12.8 Å². The highest BCUT2D eigenvalue weighted by Crippen LogP contribution is 2.24. The van der Waals surface area contributed by atoms with Crippen LogP contribution in [0.15, 0.2) is 0 Å². The molecule has 1 saturated heterocycles. The summed E-state index contributed by atoms with van der Waals surface area (Å²) in [6.45, 7) is 3.91. The van der Waals surface area contributed by atoms with Crippen molar-refractivity contribution in [3.05, 3.63) is 0 Å². The quantitative estimate of drug-likeness (QED) is 0.0330. The summed E-state index contributed by atoms with van der Waals surface area (Å²) in [6, 6.07) is -0.715. The third kappa shape index (κ3) is 45.6. The maximum Gasteiger partial charge on any atom is 0.220 e. The molecule has 0 aromatic rings. The first-order valence-electron chi connectivity index (χ1n) is 33.7. The van der Waals surface area contributed by atoms with Crippen LogP contribution in [0.1, 0.15) is 361 Å². The lowest BCUT2D eigenvalue weighted by Crippen LogP contribution is -2.60. The Labute approximate surface area is 465 Å². The zero-order valence-electron chi connectivity index (χ0n) is 50.1. The van der Waals surface area contributed by atoms with Crippen molar-refractivity contribution in [2.45, 2.75) is 403 Å². The molecular formula is C66H131NO8. The Bertz CT molecular complexity index is 1140. The van der Waals surface area contributed by atoms with Gasteiger partial charge >= 0.3 is 0 Å². The van der Waals surface area contributed by atoms with E-state index in [0.717, 1.165) is 38.5 Å². The number of carbonyl (C=O) groups is 1. The van der Waals surface area contributed by atoms with Gasteiger partial charge in [-0.25, -0.2) is 0 Å². The summed E-state index contributed by atoms with van der Waals surface area (Å²) in [5.74, 6) is -0.134. The van der Waals surface area contributed by atoms with Crippen LogP contribution >= 0.6 is 0 Å². The Morgan fingerprint density at radius 2 is 0.667 bits per heavy atom. The summed E-state index contributed by atoms with van der Waals surface area (Å²) in [5.41, 5.74) is 0. The van der Waals surface area contributed by atoms with Crippen LogP contribution in [-0.4, -0.2) is 87.5 Å². The molecule has 75 heavy (non-hydrogen) atoms. The van der Waals surface area contributed by atoms with Crippen molar-refractivity contribution in [2.75, 3.05) is 13.2 Å². The highest BCUT2D eigenvalue weighted by atomic mass is 16.7. The Kier molecular flexibility index (Phi) is 54.4. The second-order valence-corrected chi connectivity index (χ2v) is 24.0. The van der Waals surface area contributed by atoms with Crippen LogP contribution in [0.25, 0.3) is 0 Å². The van der Waals surface area contributed by atoms with Crippen LogP contribution in [0.4, 0.5) is 0 Å². The molecule has 448 valence electrons. The minimum atomic E-state index is -1.55. The highest BCUT2D eigenvalue weighted by Gasteiger charge is 2.44. The summed E-state index contributed by atoms with van der Waals surface area (Å²) in [7, 11) is 0. The molecule has 0 radical (unpaired) electrons. The van der Waals surface area contributed by atoms with Crippen molar-refractivity contribution in [3.63, 3.8) is 0 Å². The molecule has 0 bridgehead atoms. The third-order valence-corrected chi connectivity index (χ3v) is 16.7. The lowest BCUT2D eigenvalue weighted by atomic mass is 9.99. The second-order valence-electron chi connectivity index (χ2n) is 24.0. The smallest absolute Gasteiger partial charge is 0.220 e. The van der Waals surface area contributed by atoms with Gasteiger partial charge in [0.05, 0.1) is 25.4 Å². The fourth-order valence-corrected chi connectivity index (χ4v) is 11.4. The number of rotatable bonds is 60. The summed E-state index contributed by atoms with van der Waals surface area (Å²) in [5, 5.41) is 54.9. The monoisotopic (exact) mass is 1070 g/mol. The van der Waals surface area contributed by atoms with E-state index in [2.05, 4.69) is 19.2 Å². The van der Waals surface area contributed by atoms with E-state index in [-0.39, 0.29) is 12.5 Å². The number of nitrogens with one attached hydrogen (secondary N) is 1. The summed E-state index contributed by atoms with van der Waals surface area (Å²) < 4.78 is 11.4. The molecule has 9 heteroatoms. The number of hydrogen-bond acceptors (Lipinski definition) is 8. The van der Waals surface area contributed by atoms with E-state index in [9.17, 15) is 30.3 Å². The van der Waals surface area contributed by atoms with Crippen molar-refractivity contribution < 1.29 is 39.8 Å². The molecule has 0 saturated carbocycles. The molecule has 6 N–H and O–H groups in total. The van der Waals surface area contributed by atoms with E-state index in [1.54, 1.807) is 0 Å². The van der Waals surface area contributed by atoms with Crippen molar-refractivity contribution in [1.29, 1.82) is 0 Å². The normalized spacial score (nSPS) is 18.7. The average Bonchev–Trinajstić information content (AvgIpc) is 3.41. The lowest BCUT2D eigenvalue weighted by molar-refractivity contribution is -0.302. The number of aliphatic hydroxyl groups is 5. The summed E-state index contributed by atoms with van der Waals surface area (Å²) >= 11 is 0. The van der Waals surface area contributed by atoms with Crippen LogP contribution < -0.4 is 5.32 Å². The van der Waals surface area contributed by atoms with Crippen molar-refractivity contribution in [1.82, 2.24) is 5.32 Å². The van der Waals surface area contributed by atoms with Crippen LogP contribution in [0.3, 0.4) is 0 Å². The number of unbranched alkanes of at least 4 members (excludes halogenated alkanes) is 50. The molecule has 0 aromatic carbocycles. The molecule has 9 nitrogen and oxygen atoms in total. The minimum Gasteiger partial charge on any atom is -0.394 e. The molecule has 1 heterocycles. The molecule has 7 unspecified atom stereocenters. The van der Waals surface area contributed by atoms with Crippen LogP contribution in [0.2, 0.25) is 0 Å². The molecule has 1 fully saturated rings. The predicted octanol–water partition coefficient (Wildman–Crippen LogP) is 17.8. The van der Waals surface area contributed by atoms with E-state index in [4.69, 9.17) is 9.47 Å². The number of carbonyl (C=O) groups excluding carboxylic acids is 1. The van der Waals surface area contributed by atoms with Crippen molar-refractivity contribution >= 4 is 5.91 Å². The molecule has 0 aliphatic carbocycles. The van der Waals surface area contributed by atoms with Gasteiger partial charge in [-0.15, -0.1) is 0 Å². The predicted molar refractivity (Wildman–Crippen MR) is 318 cm³/mol. The van der Waals surface area contributed by atoms with Crippen LogP contribution in [0.5, 0.6) is 0 Å². The van der Waals surface area contributed by atoms with Gasteiger partial charge in [0, 0.05) is 6.42 Å². The number of ether oxygens (including phenoxy) is 2. The van der Waals surface area contributed by atoms with Gasteiger partial charge in [0.1, 0.15) is 24.4 Å². The van der Waals surface area contributed by atoms with Gasteiger partial charge < -0.3 is 40.3 Å². The number of hydrogen-bond donors (Lipinski definition) is 6. The Morgan fingerprint density at radius 1 is 0.400 bits per heavy atom. The SMILES string of the molecule is CCCCCCCCCCCCCCCCCCCCCCCCCCCCCCCCC(O)C(COC1OC(CO)C(O)C(O)C1O)NC(=O)CCCCCCCCCCCCCCCCCCCCCCCC. The first kappa shape index (κ1) is 72.2. The van der Waals surface area contributed by atoms with Gasteiger partial charge in [-0.1, -0.05) is 341 Å². The van der Waals surface area contributed by atoms with Gasteiger partial charge in [-0.3, -0.25) is 4.79 Å². The maximum absolute atomic E-state index is 13.1. The van der Waals surface area contributed by atoms with Crippen molar-refractivity contribution in [3.8, 4) is 0 Å². The summed E-state index contributed by atoms with van der Waals surface area (Å²) in [4.78, 5) is 13.1. The van der Waals surface area contributed by atoms with Crippen LogP contribution in [0, 0.1) is 0 Å². The lowest BCUT2D eigenvalue weighted by Gasteiger charge is -2.40. The van der Waals surface area contributed by atoms with Gasteiger partial charge in [0.25, 0.3) is 0 Å². The van der Waals surface area contributed by atoms with E-state index >= 15 is 0 Å². The van der Waals surface area contributed by atoms with Gasteiger partial charge in [-0.2, -0.15) is 0 Å². The van der Waals surface area contributed by atoms with Crippen LogP contribution in [-0.2, 0) is 14.3 Å². The van der Waals surface area contributed by atoms with Crippen molar-refractivity contribution in [2.24, 2.45) is 0 Å².